The van der Waals surface area contributed by atoms with Crippen LogP contribution in [0.2, 0.25) is 5.02 Å². The molecule has 1 atom stereocenters. The minimum Gasteiger partial charge on any atom is -0.344 e. The second-order valence-corrected chi connectivity index (χ2v) is 7.11. The number of pyridine rings is 1. The molecule has 1 amide bonds. The van der Waals surface area contributed by atoms with Gasteiger partial charge in [-0.1, -0.05) is 11.6 Å². The number of hydrogen-bond donors (Lipinski definition) is 1. The number of amides is 1. The largest absolute Gasteiger partial charge is 0.344 e. The SMILES string of the molecule is O=C(NC1CCSc2ccc(Cl)cc21)c1ncccc1Br. The van der Waals surface area contributed by atoms with Gasteiger partial charge in [0.15, 0.2) is 0 Å². The van der Waals surface area contributed by atoms with Gasteiger partial charge in [0.2, 0.25) is 0 Å². The minimum absolute atomic E-state index is 0.0265. The van der Waals surface area contributed by atoms with Crippen LogP contribution in [0.4, 0.5) is 0 Å². The molecule has 2 aromatic rings. The second-order valence-electron chi connectivity index (χ2n) is 4.68. The Balaban J connectivity index is 1.85. The number of benzene rings is 1. The second kappa shape index (κ2) is 6.38. The summed E-state index contributed by atoms with van der Waals surface area (Å²) < 4.78 is 0.694. The van der Waals surface area contributed by atoms with Gasteiger partial charge < -0.3 is 5.32 Å². The maximum atomic E-state index is 12.4. The van der Waals surface area contributed by atoms with E-state index in [2.05, 4.69) is 26.2 Å². The molecule has 3 nitrogen and oxygen atoms in total. The lowest BCUT2D eigenvalue weighted by molar-refractivity contribution is 0.0929. The summed E-state index contributed by atoms with van der Waals surface area (Å²) >= 11 is 11.2. The van der Waals surface area contributed by atoms with Crippen molar-refractivity contribution in [3.63, 3.8) is 0 Å². The van der Waals surface area contributed by atoms with Crippen LogP contribution in [-0.4, -0.2) is 16.6 Å². The summed E-state index contributed by atoms with van der Waals surface area (Å²) in [6, 6.07) is 9.39. The van der Waals surface area contributed by atoms with Crippen LogP contribution < -0.4 is 5.32 Å². The molecular formula is C15H12BrClN2OS. The zero-order valence-electron chi connectivity index (χ0n) is 11.0. The summed E-state index contributed by atoms with van der Waals surface area (Å²) in [5.41, 5.74) is 1.48. The maximum Gasteiger partial charge on any atom is 0.271 e. The molecule has 1 aromatic carbocycles. The van der Waals surface area contributed by atoms with Crippen LogP contribution in [0.1, 0.15) is 28.5 Å². The molecule has 0 saturated heterocycles. The van der Waals surface area contributed by atoms with Crippen LogP contribution in [0.5, 0.6) is 0 Å². The fraction of sp³-hybridized carbons (Fsp3) is 0.200. The van der Waals surface area contributed by atoms with E-state index in [1.54, 1.807) is 24.0 Å². The van der Waals surface area contributed by atoms with Crippen molar-refractivity contribution in [1.29, 1.82) is 0 Å². The van der Waals surface area contributed by atoms with Crippen molar-refractivity contribution in [2.45, 2.75) is 17.4 Å². The highest BCUT2D eigenvalue weighted by Gasteiger charge is 2.24. The fourth-order valence-corrected chi connectivity index (χ4v) is 4.02. The van der Waals surface area contributed by atoms with Crippen LogP contribution in [0.15, 0.2) is 45.9 Å². The smallest absolute Gasteiger partial charge is 0.271 e. The van der Waals surface area contributed by atoms with Gasteiger partial charge in [-0.3, -0.25) is 4.79 Å². The first-order chi connectivity index (χ1) is 10.1. The summed E-state index contributed by atoms with van der Waals surface area (Å²) in [7, 11) is 0. The van der Waals surface area contributed by atoms with Crippen molar-refractivity contribution < 1.29 is 4.79 Å². The number of nitrogens with one attached hydrogen (secondary N) is 1. The number of aromatic nitrogens is 1. The monoisotopic (exact) mass is 382 g/mol. The molecule has 0 bridgehead atoms. The molecule has 0 radical (unpaired) electrons. The first kappa shape index (κ1) is 14.9. The predicted octanol–water partition coefficient (Wildman–Crippen LogP) is 4.46. The minimum atomic E-state index is -0.176. The van der Waals surface area contributed by atoms with Gasteiger partial charge >= 0.3 is 0 Å². The van der Waals surface area contributed by atoms with Crippen molar-refractivity contribution in [1.82, 2.24) is 10.3 Å². The molecule has 1 aliphatic rings. The highest BCUT2D eigenvalue weighted by atomic mass is 79.9. The highest BCUT2D eigenvalue weighted by Crippen LogP contribution is 2.37. The highest BCUT2D eigenvalue weighted by molar-refractivity contribution is 9.10. The number of fused-ring (bicyclic) bond motifs is 1. The van der Waals surface area contributed by atoms with E-state index in [-0.39, 0.29) is 11.9 Å². The van der Waals surface area contributed by atoms with E-state index in [4.69, 9.17) is 11.6 Å². The average molecular weight is 384 g/mol. The Hall–Kier alpha value is -1.04. The number of hydrogen-bond acceptors (Lipinski definition) is 3. The quantitative estimate of drug-likeness (QED) is 0.832. The van der Waals surface area contributed by atoms with Gasteiger partial charge in [-0.15, -0.1) is 11.8 Å². The van der Waals surface area contributed by atoms with E-state index in [9.17, 15) is 4.79 Å². The Kier molecular flexibility index (Phi) is 4.52. The predicted molar refractivity (Wildman–Crippen MR) is 88.9 cm³/mol. The molecule has 6 heteroatoms. The van der Waals surface area contributed by atoms with Gasteiger partial charge in [-0.25, -0.2) is 4.98 Å². The van der Waals surface area contributed by atoms with Gasteiger partial charge in [0.25, 0.3) is 5.91 Å². The lowest BCUT2D eigenvalue weighted by atomic mass is 10.0. The molecule has 1 aliphatic heterocycles. The third-order valence-electron chi connectivity index (χ3n) is 3.29. The van der Waals surface area contributed by atoms with Gasteiger partial charge in [0, 0.05) is 26.3 Å². The van der Waals surface area contributed by atoms with Crippen LogP contribution in [0.3, 0.4) is 0 Å². The summed E-state index contributed by atoms with van der Waals surface area (Å²) in [5.74, 6) is 0.800. The van der Waals surface area contributed by atoms with E-state index in [1.165, 1.54) is 4.90 Å². The number of halogens is 2. The number of carbonyl (C=O) groups excluding carboxylic acids is 1. The maximum absolute atomic E-state index is 12.4. The summed E-state index contributed by atoms with van der Waals surface area (Å²) in [5, 5.41) is 3.75. The Morgan fingerprint density at radius 1 is 1.43 bits per heavy atom. The van der Waals surface area contributed by atoms with Gasteiger partial charge in [-0.05, 0) is 58.2 Å². The average Bonchev–Trinajstić information content (AvgIpc) is 2.48. The molecule has 21 heavy (non-hydrogen) atoms. The van der Waals surface area contributed by atoms with Gasteiger partial charge in [0.05, 0.1) is 6.04 Å². The number of carbonyl (C=O) groups is 1. The first-order valence-corrected chi connectivity index (χ1v) is 8.64. The number of rotatable bonds is 2. The Morgan fingerprint density at radius 2 is 2.29 bits per heavy atom. The molecule has 2 heterocycles. The summed E-state index contributed by atoms with van der Waals surface area (Å²) in [4.78, 5) is 17.7. The van der Waals surface area contributed by atoms with Crippen LogP contribution >= 0.6 is 39.3 Å². The third-order valence-corrected chi connectivity index (χ3v) is 5.29. The molecule has 108 valence electrons. The molecule has 0 saturated carbocycles. The molecule has 0 aliphatic carbocycles. The Labute approximate surface area is 140 Å². The van der Waals surface area contributed by atoms with Gasteiger partial charge in [0.1, 0.15) is 5.69 Å². The topological polar surface area (TPSA) is 42.0 Å². The lowest BCUT2D eigenvalue weighted by Crippen LogP contribution is -2.31. The summed E-state index contributed by atoms with van der Waals surface area (Å²) in [6.07, 6.45) is 2.50. The van der Waals surface area contributed by atoms with E-state index >= 15 is 0 Å². The van der Waals surface area contributed by atoms with Crippen molar-refractivity contribution in [2.75, 3.05) is 5.75 Å². The first-order valence-electron chi connectivity index (χ1n) is 6.49. The van der Waals surface area contributed by atoms with Crippen molar-refractivity contribution in [3.05, 3.63) is 57.3 Å². The molecule has 1 unspecified atom stereocenters. The third kappa shape index (κ3) is 3.25. The van der Waals surface area contributed by atoms with Crippen LogP contribution in [0, 0.1) is 0 Å². The van der Waals surface area contributed by atoms with Crippen LogP contribution in [-0.2, 0) is 0 Å². The molecule has 1 N–H and O–H groups in total. The molecular weight excluding hydrogens is 372 g/mol. The molecule has 0 fully saturated rings. The standard InChI is InChI=1S/C15H12BrClN2OS/c16-11-2-1-6-18-14(11)15(20)19-12-5-7-21-13-4-3-9(17)8-10(12)13/h1-4,6,8,12H,5,7H2,(H,19,20). The molecule has 3 rings (SSSR count). The number of nitrogens with zero attached hydrogens (tertiary/aromatic N) is 1. The molecule has 1 aromatic heterocycles. The van der Waals surface area contributed by atoms with E-state index in [1.807, 2.05) is 24.3 Å². The normalized spacial score (nSPS) is 17.1. The van der Waals surface area contributed by atoms with E-state index in [0.717, 1.165) is 17.7 Å². The van der Waals surface area contributed by atoms with Crippen molar-refractivity contribution in [2.24, 2.45) is 0 Å². The van der Waals surface area contributed by atoms with E-state index in [0.29, 0.717) is 15.2 Å². The Morgan fingerprint density at radius 3 is 3.10 bits per heavy atom. The lowest BCUT2D eigenvalue weighted by Gasteiger charge is -2.26. The zero-order valence-corrected chi connectivity index (χ0v) is 14.1. The van der Waals surface area contributed by atoms with Crippen LogP contribution in [0.25, 0.3) is 0 Å². The Bertz CT molecular complexity index is 695. The fourth-order valence-electron chi connectivity index (χ4n) is 2.29. The van der Waals surface area contributed by atoms with Gasteiger partial charge in [-0.2, -0.15) is 0 Å². The zero-order chi connectivity index (χ0) is 14.8. The summed E-state index contributed by atoms with van der Waals surface area (Å²) in [6.45, 7) is 0. The van der Waals surface area contributed by atoms with E-state index < -0.39 is 0 Å². The number of thioether (sulfide) groups is 1. The molecule has 0 spiro atoms. The van der Waals surface area contributed by atoms with Crippen molar-refractivity contribution in [3.8, 4) is 0 Å². The van der Waals surface area contributed by atoms with Crippen molar-refractivity contribution >= 4 is 45.2 Å².